The smallest absolute Gasteiger partial charge is 0.232 e. The zero-order chi connectivity index (χ0) is 20.0. The maximum atomic E-state index is 12.9. The number of nitrogens with zero attached hydrogens (tertiary/aromatic N) is 1. The van der Waals surface area contributed by atoms with Gasteiger partial charge in [0.2, 0.25) is 15.9 Å². The van der Waals surface area contributed by atoms with Crippen LogP contribution in [0.25, 0.3) is 0 Å². The van der Waals surface area contributed by atoms with Crippen molar-refractivity contribution in [3.8, 4) is 0 Å². The summed E-state index contributed by atoms with van der Waals surface area (Å²) in [6.07, 6.45) is 1.15. The zero-order valence-electron chi connectivity index (χ0n) is 15.1. The molecule has 0 bridgehead atoms. The largest absolute Gasteiger partial charge is 0.354 e. The van der Waals surface area contributed by atoms with Gasteiger partial charge in [-0.2, -0.15) is 0 Å². The first kappa shape index (κ1) is 20.6. The van der Waals surface area contributed by atoms with Crippen molar-refractivity contribution < 1.29 is 22.4 Å². The van der Waals surface area contributed by atoms with Crippen molar-refractivity contribution in [2.24, 2.45) is 0 Å². The third-order valence-corrected chi connectivity index (χ3v) is 5.07. The molecule has 27 heavy (non-hydrogen) atoms. The summed E-state index contributed by atoms with van der Waals surface area (Å²) in [5.41, 5.74) is 1.56. The molecule has 6 nitrogen and oxygen atoms in total. The number of anilines is 1. The van der Waals surface area contributed by atoms with Gasteiger partial charge in [0.15, 0.2) is 5.78 Å². The molecule has 8 heteroatoms. The highest BCUT2D eigenvalue weighted by Crippen LogP contribution is 2.18. The molecule has 0 saturated carbocycles. The third kappa shape index (κ3) is 6.18. The van der Waals surface area contributed by atoms with Gasteiger partial charge in [-0.1, -0.05) is 12.1 Å². The Bertz CT molecular complexity index is 910. The van der Waals surface area contributed by atoms with E-state index in [1.807, 2.05) is 0 Å². The number of carbonyl (C=O) groups excluding carboxylic acids is 2. The summed E-state index contributed by atoms with van der Waals surface area (Å²) in [6, 6.07) is 11.8. The number of nitrogens with one attached hydrogen (secondary N) is 1. The highest BCUT2D eigenvalue weighted by atomic mass is 32.2. The van der Waals surface area contributed by atoms with Gasteiger partial charge < -0.3 is 5.32 Å². The molecule has 144 valence electrons. The Kier molecular flexibility index (Phi) is 6.68. The Balaban J connectivity index is 1.97. The molecule has 0 aliphatic heterocycles. The van der Waals surface area contributed by atoms with Crippen molar-refractivity contribution in [2.45, 2.75) is 13.3 Å². The van der Waals surface area contributed by atoms with Crippen LogP contribution in [0.1, 0.15) is 22.8 Å². The minimum atomic E-state index is -3.56. The summed E-state index contributed by atoms with van der Waals surface area (Å²) in [5.74, 6) is -0.777. The van der Waals surface area contributed by atoms with Gasteiger partial charge >= 0.3 is 0 Å². The van der Waals surface area contributed by atoms with Gasteiger partial charge in [-0.15, -0.1) is 0 Å². The molecule has 0 aliphatic carbocycles. The number of rotatable bonds is 8. The molecule has 0 aromatic heterocycles. The molecule has 0 radical (unpaired) electrons. The predicted octanol–water partition coefficient (Wildman–Crippen LogP) is 2.15. The molecule has 2 rings (SSSR count). The quantitative estimate of drug-likeness (QED) is 0.698. The van der Waals surface area contributed by atoms with Crippen LogP contribution in [0.2, 0.25) is 0 Å². The minimum Gasteiger partial charge on any atom is -0.354 e. The van der Waals surface area contributed by atoms with E-state index in [1.165, 1.54) is 31.2 Å². The van der Waals surface area contributed by atoms with E-state index in [0.29, 0.717) is 16.8 Å². The van der Waals surface area contributed by atoms with Crippen molar-refractivity contribution in [3.05, 3.63) is 65.5 Å². The summed E-state index contributed by atoms with van der Waals surface area (Å²) < 4.78 is 38.2. The first-order chi connectivity index (χ1) is 12.7. The van der Waals surface area contributed by atoms with Crippen LogP contribution in [0.4, 0.5) is 10.1 Å². The molecule has 1 N–H and O–H groups in total. The maximum absolute atomic E-state index is 12.9. The van der Waals surface area contributed by atoms with Crippen LogP contribution in [0, 0.1) is 5.82 Å². The average Bonchev–Trinajstić information content (AvgIpc) is 2.60. The molecule has 2 aromatic rings. The van der Waals surface area contributed by atoms with Crippen LogP contribution in [0.5, 0.6) is 0 Å². The Morgan fingerprint density at radius 3 is 2.15 bits per heavy atom. The van der Waals surface area contributed by atoms with E-state index >= 15 is 0 Å². The standard InChI is InChI=1S/C19H21FN2O4S/c1-14(23)16-5-9-18(10-6-16)22(27(2,25)26)12-11-21-19(24)13-15-3-7-17(20)8-4-15/h3-10H,11-13H2,1-2H3,(H,21,24). The SMILES string of the molecule is CC(=O)c1ccc(N(CCNC(=O)Cc2ccc(F)cc2)S(C)(=O)=O)cc1. The fourth-order valence-electron chi connectivity index (χ4n) is 2.50. The number of ketones is 1. The predicted molar refractivity (Wildman–Crippen MR) is 102 cm³/mol. The molecule has 0 unspecified atom stereocenters. The fraction of sp³-hybridized carbons (Fsp3) is 0.263. The van der Waals surface area contributed by atoms with Crippen molar-refractivity contribution >= 4 is 27.4 Å². The normalized spacial score (nSPS) is 11.1. The summed E-state index contributed by atoms with van der Waals surface area (Å²) in [5, 5.41) is 2.65. The van der Waals surface area contributed by atoms with Crippen molar-refractivity contribution in [1.29, 1.82) is 0 Å². The van der Waals surface area contributed by atoms with Gasteiger partial charge in [0.05, 0.1) is 24.9 Å². The maximum Gasteiger partial charge on any atom is 0.232 e. The molecule has 0 saturated heterocycles. The Morgan fingerprint density at radius 2 is 1.63 bits per heavy atom. The van der Waals surface area contributed by atoms with Gasteiger partial charge in [0.1, 0.15) is 5.82 Å². The summed E-state index contributed by atoms with van der Waals surface area (Å²) in [7, 11) is -3.56. The molecule has 0 heterocycles. The van der Waals surface area contributed by atoms with Crippen LogP contribution in [-0.4, -0.2) is 39.5 Å². The Labute approximate surface area is 158 Å². The number of halogens is 1. The number of carbonyl (C=O) groups is 2. The molecule has 1 amide bonds. The molecular weight excluding hydrogens is 371 g/mol. The highest BCUT2D eigenvalue weighted by molar-refractivity contribution is 7.92. The molecule has 0 fully saturated rings. The van der Waals surface area contributed by atoms with Crippen LogP contribution < -0.4 is 9.62 Å². The van der Waals surface area contributed by atoms with Crippen molar-refractivity contribution in [2.75, 3.05) is 23.7 Å². The molecule has 2 aromatic carbocycles. The van der Waals surface area contributed by atoms with Crippen LogP contribution in [0.3, 0.4) is 0 Å². The average molecular weight is 392 g/mol. The van der Waals surface area contributed by atoms with E-state index in [9.17, 15) is 22.4 Å². The molecule has 0 spiro atoms. The van der Waals surface area contributed by atoms with Crippen LogP contribution >= 0.6 is 0 Å². The van der Waals surface area contributed by atoms with Gasteiger partial charge in [0.25, 0.3) is 0 Å². The van der Waals surface area contributed by atoms with Gasteiger partial charge in [-0.25, -0.2) is 12.8 Å². The van der Waals surface area contributed by atoms with E-state index in [-0.39, 0.29) is 37.0 Å². The number of amides is 1. The van der Waals surface area contributed by atoms with E-state index in [2.05, 4.69) is 5.32 Å². The lowest BCUT2D eigenvalue weighted by atomic mass is 10.1. The van der Waals surface area contributed by atoms with Crippen LogP contribution in [0.15, 0.2) is 48.5 Å². The van der Waals surface area contributed by atoms with E-state index in [1.54, 1.807) is 24.3 Å². The first-order valence-corrected chi connectivity index (χ1v) is 10.1. The first-order valence-electron chi connectivity index (χ1n) is 8.26. The lowest BCUT2D eigenvalue weighted by Gasteiger charge is -2.22. The zero-order valence-corrected chi connectivity index (χ0v) is 15.9. The third-order valence-electron chi connectivity index (χ3n) is 3.88. The number of sulfonamides is 1. The molecular formula is C19H21FN2O4S. The topological polar surface area (TPSA) is 83.6 Å². The van der Waals surface area contributed by atoms with E-state index < -0.39 is 10.0 Å². The Morgan fingerprint density at radius 1 is 1.04 bits per heavy atom. The van der Waals surface area contributed by atoms with Gasteiger partial charge in [-0.3, -0.25) is 13.9 Å². The number of hydrogen-bond donors (Lipinski definition) is 1. The van der Waals surface area contributed by atoms with Gasteiger partial charge in [0, 0.05) is 12.1 Å². The lowest BCUT2D eigenvalue weighted by Crippen LogP contribution is -2.38. The van der Waals surface area contributed by atoms with Crippen LogP contribution in [-0.2, 0) is 21.2 Å². The molecule has 0 aliphatic rings. The second-order valence-electron chi connectivity index (χ2n) is 6.09. The second-order valence-corrected chi connectivity index (χ2v) is 8.00. The second kappa shape index (κ2) is 8.77. The monoisotopic (exact) mass is 392 g/mol. The number of benzene rings is 2. The van der Waals surface area contributed by atoms with E-state index in [0.717, 1.165) is 10.6 Å². The highest BCUT2D eigenvalue weighted by Gasteiger charge is 2.17. The summed E-state index contributed by atoms with van der Waals surface area (Å²) in [4.78, 5) is 23.3. The van der Waals surface area contributed by atoms with E-state index in [4.69, 9.17) is 0 Å². The summed E-state index contributed by atoms with van der Waals surface area (Å²) >= 11 is 0. The number of hydrogen-bond acceptors (Lipinski definition) is 4. The lowest BCUT2D eigenvalue weighted by molar-refractivity contribution is -0.120. The van der Waals surface area contributed by atoms with Gasteiger partial charge in [-0.05, 0) is 48.9 Å². The Hall–Kier alpha value is -2.74. The summed E-state index contributed by atoms with van der Waals surface area (Å²) in [6.45, 7) is 1.59. The number of Topliss-reactive ketones (excluding diaryl/α,β-unsaturated/α-hetero) is 1. The van der Waals surface area contributed by atoms with Crippen molar-refractivity contribution in [1.82, 2.24) is 5.32 Å². The van der Waals surface area contributed by atoms with Crippen molar-refractivity contribution in [3.63, 3.8) is 0 Å². The molecule has 0 atom stereocenters. The minimum absolute atomic E-state index is 0.0490. The fourth-order valence-corrected chi connectivity index (χ4v) is 3.42.